The Morgan fingerprint density at radius 1 is 0.893 bits per heavy atom. The predicted molar refractivity (Wildman–Crippen MR) is 111 cm³/mol. The molecule has 0 aromatic heterocycles. The molecule has 0 aliphatic carbocycles. The molecule has 0 fully saturated rings. The molecule has 0 aliphatic rings. The molecule has 1 aromatic carbocycles. The van der Waals surface area contributed by atoms with Crippen molar-refractivity contribution in [1.29, 1.82) is 0 Å². The molecular formula is C21H37O6P. The smallest absolute Gasteiger partial charge is 0.303 e. The van der Waals surface area contributed by atoms with Crippen LogP contribution in [0, 0.1) is 0 Å². The fraction of sp³-hybridized carbons (Fsp3) is 0.714. The highest BCUT2D eigenvalue weighted by Crippen LogP contribution is 2.42. The van der Waals surface area contributed by atoms with Gasteiger partial charge < -0.3 is 9.79 Å². The van der Waals surface area contributed by atoms with Gasteiger partial charge in [0, 0.05) is 0 Å². The molecule has 0 saturated carbocycles. The van der Waals surface area contributed by atoms with Gasteiger partial charge in [-0.1, -0.05) is 95.5 Å². The molecule has 0 amide bonds. The molecule has 6 nitrogen and oxygen atoms in total. The van der Waals surface area contributed by atoms with E-state index in [2.05, 4.69) is 6.92 Å². The molecule has 2 N–H and O–H groups in total. The van der Waals surface area contributed by atoms with Gasteiger partial charge in [-0.25, -0.2) is 14.3 Å². The van der Waals surface area contributed by atoms with Crippen molar-refractivity contribution in [3.05, 3.63) is 35.9 Å². The predicted octanol–water partition coefficient (Wildman–Crippen LogP) is 6.09. The van der Waals surface area contributed by atoms with Gasteiger partial charge in [0.05, 0.1) is 6.61 Å². The molecule has 0 saturated heterocycles. The fourth-order valence-corrected chi connectivity index (χ4v) is 3.70. The van der Waals surface area contributed by atoms with Gasteiger partial charge in [0.25, 0.3) is 0 Å². The van der Waals surface area contributed by atoms with E-state index in [4.69, 9.17) is 24.1 Å². The molecule has 2 unspecified atom stereocenters. The van der Waals surface area contributed by atoms with Crippen molar-refractivity contribution in [2.45, 2.75) is 90.3 Å². The van der Waals surface area contributed by atoms with Crippen molar-refractivity contribution in [3.63, 3.8) is 0 Å². The maximum absolute atomic E-state index is 11.3. The fourth-order valence-electron chi connectivity index (χ4n) is 3.09. The zero-order chi connectivity index (χ0) is 20.7. The molecule has 28 heavy (non-hydrogen) atoms. The molecule has 0 spiro atoms. The molecule has 0 heterocycles. The molecule has 0 aliphatic heterocycles. The summed E-state index contributed by atoms with van der Waals surface area (Å²) < 4.78 is 16.2. The molecule has 1 aromatic rings. The third kappa shape index (κ3) is 11.9. The summed E-state index contributed by atoms with van der Waals surface area (Å²) in [5.41, 5.74) is 0.759. The number of phosphoric acid groups is 1. The van der Waals surface area contributed by atoms with Gasteiger partial charge in [0.1, 0.15) is 12.2 Å². The van der Waals surface area contributed by atoms with E-state index < -0.39 is 20.0 Å². The number of phosphoric ester groups is 1. The van der Waals surface area contributed by atoms with Crippen LogP contribution in [0.25, 0.3) is 0 Å². The minimum Gasteiger partial charge on any atom is -0.303 e. The van der Waals surface area contributed by atoms with E-state index in [9.17, 15) is 4.57 Å². The van der Waals surface area contributed by atoms with Crippen LogP contribution >= 0.6 is 7.82 Å². The molecule has 162 valence electrons. The lowest BCUT2D eigenvalue weighted by atomic mass is 10.0. The monoisotopic (exact) mass is 416 g/mol. The van der Waals surface area contributed by atoms with Crippen LogP contribution in [0.1, 0.15) is 89.7 Å². The van der Waals surface area contributed by atoms with Crippen LogP contribution in [0.3, 0.4) is 0 Å². The third-order valence-corrected chi connectivity index (χ3v) is 5.19. The topological polar surface area (TPSA) is 85.2 Å². The lowest BCUT2D eigenvalue weighted by Crippen LogP contribution is -2.23. The number of hydrogen-bond donors (Lipinski definition) is 2. The summed E-state index contributed by atoms with van der Waals surface area (Å²) in [6.07, 6.45) is 9.88. The first kappa shape index (κ1) is 25.3. The van der Waals surface area contributed by atoms with Crippen molar-refractivity contribution in [2.24, 2.45) is 0 Å². The first-order valence-corrected chi connectivity index (χ1v) is 12.1. The summed E-state index contributed by atoms with van der Waals surface area (Å²) in [6.45, 7) is 4.47. The standard InChI is InChI=1S/C21H37O6P/c1-3-5-6-7-8-9-10-11-15-18-25-26-21(19-16-13-12-14-17-19)20(4-2)27-28(22,23)24/h12-14,16-17,20-21H,3-11,15,18H2,1-2H3,(H2,22,23,24). The van der Waals surface area contributed by atoms with Gasteiger partial charge in [-0.2, -0.15) is 0 Å². The molecule has 0 bridgehead atoms. The second-order valence-corrected chi connectivity index (χ2v) is 8.31. The van der Waals surface area contributed by atoms with Crippen LogP contribution in [0.5, 0.6) is 0 Å². The highest BCUT2D eigenvalue weighted by Gasteiger charge is 2.31. The highest BCUT2D eigenvalue weighted by molar-refractivity contribution is 7.46. The minimum absolute atomic E-state index is 0.381. The summed E-state index contributed by atoms with van der Waals surface area (Å²) in [4.78, 5) is 29.2. The lowest BCUT2D eigenvalue weighted by Gasteiger charge is -2.25. The Morgan fingerprint density at radius 2 is 1.46 bits per heavy atom. The van der Waals surface area contributed by atoms with Crippen LogP contribution in [-0.4, -0.2) is 22.5 Å². The van der Waals surface area contributed by atoms with E-state index in [-0.39, 0.29) is 0 Å². The lowest BCUT2D eigenvalue weighted by molar-refractivity contribution is -0.340. The summed E-state index contributed by atoms with van der Waals surface area (Å²) in [6, 6.07) is 9.22. The summed E-state index contributed by atoms with van der Waals surface area (Å²) in [5.74, 6) is 0. The normalized spacial score (nSPS) is 14.1. The summed E-state index contributed by atoms with van der Waals surface area (Å²) in [7, 11) is -4.62. The Bertz CT molecular complexity index is 533. The maximum Gasteiger partial charge on any atom is 0.469 e. The van der Waals surface area contributed by atoms with Gasteiger partial charge in [0.2, 0.25) is 0 Å². The molecule has 0 radical (unpaired) electrons. The van der Waals surface area contributed by atoms with Crippen LogP contribution in [0.15, 0.2) is 30.3 Å². The zero-order valence-electron chi connectivity index (χ0n) is 17.3. The Balaban J connectivity index is 2.35. The van der Waals surface area contributed by atoms with Crippen molar-refractivity contribution >= 4 is 7.82 Å². The van der Waals surface area contributed by atoms with Crippen LogP contribution in [-0.2, 0) is 18.9 Å². The van der Waals surface area contributed by atoms with Gasteiger partial charge in [-0.3, -0.25) is 4.52 Å². The van der Waals surface area contributed by atoms with E-state index in [0.717, 1.165) is 18.4 Å². The van der Waals surface area contributed by atoms with E-state index in [1.54, 1.807) is 6.92 Å². The molecule has 2 atom stereocenters. The van der Waals surface area contributed by atoms with E-state index in [0.29, 0.717) is 13.0 Å². The average molecular weight is 416 g/mol. The summed E-state index contributed by atoms with van der Waals surface area (Å²) >= 11 is 0. The van der Waals surface area contributed by atoms with Gasteiger partial charge in [0.15, 0.2) is 0 Å². The Morgan fingerprint density at radius 3 is 2.00 bits per heavy atom. The Hall–Kier alpha value is -0.750. The van der Waals surface area contributed by atoms with Gasteiger partial charge in [-0.15, -0.1) is 0 Å². The number of hydrogen-bond acceptors (Lipinski definition) is 4. The first-order chi connectivity index (χ1) is 13.5. The quantitative estimate of drug-likeness (QED) is 0.138. The number of benzene rings is 1. The third-order valence-electron chi connectivity index (χ3n) is 4.64. The zero-order valence-corrected chi connectivity index (χ0v) is 18.2. The van der Waals surface area contributed by atoms with Crippen LogP contribution < -0.4 is 0 Å². The van der Waals surface area contributed by atoms with Crippen LogP contribution in [0.2, 0.25) is 0 Å². The second-order valence-electron chi connectivity index (χ2n) is 7.12. The number of rotatable bonds is 17. The van der Waals surface area contributed by atoms with Crippen molar-refractivity contribution in [1.82, 2.24) is 0 Å². The Labute approximate surface area is 169 Å². The second kappa shape index (κ2) is 15.1. The molecule has 1 rings (SSSR count). The first-order valence-electron chi connectivity index (χ1n) is 10.5. The average Bonchev–Trinajstić information content (AvgIpc) is 2.67. The minimum atomic E-state index is -4.62. The van der Waals surface area contributed by atoms with Crippen molar-refractivity contribution in [2.75, 3.05) is 6.61 Å². The maximum atomic E-state index is 11.3. The van der Waals surface area contributed by atoms with Crippen molar-refractivity contribution < 1.29 is 28.7 Å². The Kier molecular flexibility index (Phi) is 13.7. The molecular weight excluding hydrogens is 379 g/mol. The van der Waals surface area contributed by atoms with Crippen molar-refractivity contribution in [3.8, 4) is 0 Å². The van der Waals surface area contributed by atoms with E-state index >= 15 is 0 Å². The SMILES string of the molecule is CCCCCCCCCCCOOC(c1ccccc1)C(CC)OP(=O)(O)O. The van der Waals surface area contributed by atoms with E-state index in [1.807, 2.05) is 30.3 Å². The van der Waals surface area contributed by atoms with Gasteiger partial charge in [-0.05, 0) is 18.4 Å². The van der Waals surface area contributed by atoms with Gasteiger partial charge >= 0.3 is 7.82 Å². The largest absolute Gasteiger partial charge is 0.469 e. The molecule has 7 heteroatoms. The summed E-state index contributed by atoms with van der Waals surface area (Å²) in [5, 5.41) is 0. The highest BCUT2D eigenvalue weighted by atomic mass is 31.2. The van der Waals surface area contributed by atoms with Crippen LogP contribution in [0.4, 0.5) is 0 Å². The number of unbranched alkanes of at least 4 members (excludes halogenated alkanes) is 8. The van der Waals surface area contributed by atoms with E-state index in [1.165, 1.54) is 44.9 Å².